The zero-order chi connectivity index (χ0) is 19.9. The Labute approximate surface area is 163 Å². The van der Waals surface area contributed by atoms with E-state index >= 15 is 0 Å². The van der Waals surface area contributed by atoms with Crippen molar-refractivity contribution in [2.45, 2.75) is 52.7 Å². The van der Waals surface area contributed by atoms with Gasteiger partial charge in [-0.2, -0.15) is 0 Å². The van der Waals surface area contributed by atoms with E-state index in [1.165, 1.54) is 11.1 Å². The topological polar surface area (TPSA) is 66.0 Å². The van der Waals surface area contributed by atoms with Crippen molar-refractivity contribution in [1.29, 1.82) is 0 Å². The number of ether oxygens (including phenoxy) is 1. The number of amides is 1. The second kappa shape index (κ2) is 9.62. The van der Waals surface area contributed by atoms with Gasteiger partial charge in [0.1, 0.15) is 5.60 Å². The van der Waals surface area contributed by atoms with Gasteiger partial charge in [0, 0.05) is 33.2 Å². The number of carbonyl (C=O) groups is 1. The molecule has 2 N–H and O–H groups in total. The van der Waals surface area contributed by atoms with E-state index in [0.717, 1.165) is 45.0 Å². The Hall–Kier alpha value is -2.24. The summed E-state index contributed by atoms with van der Waals surface area (Å²) in [5.74, 6) is 1.34. The molecule has 0 atom stereocenters. The van der Waals surface area contributed by atoms with Crippen molar-refractivity contribution in [3.05, 3.63) is 35.4 Å². The molecule has 0 radical (unpaired) electrons. The highest BCUT2D eigenvalue weighted by atomic mass is 16.6. The summed E-state index contributed by atoms with van der Waals surface area (Å²) in [5, 5.41) is 6.77. The smallest absolute Gasteiger partial charge is 0.410 e. The van der Waals surface area contributed by atoms with Crippen molar-refractivity contribution in [2.75, 3.05) is 26.7 Å². The highest BCUT2D eigenvalue weighted by Gasteiger charge is 2.26. The van der Waals surface area contributed by atoms with Gasteiger partial charge in [-0.15, -0.1) is 0 Å². The van der Waals surface area contributed by atoms with Crippen LogP contribution in [-0.2, 0) is 11.3 Å². The Morgan fingerprint density at radius 1 is 1.26 bits per heavy atom. The van der Waals surface area contributed by atoms with E-state index in [1.807, 2.05) is 25.7 Å². The molecule has 2 rings (SSSR count). The molecule has 6 nitrogen and oxygen atoms in total. The minimum Gasteiger partial charge on any atom is -0.444 e. The first-order valence-corrected chi connectivity index (χ1v) is 9.75. The Balaban J connectivity index is 1.71. The highest BCUT2D eigenvalue weighted by Crippen LogP contribution is 2.19. The normalized spacial score (nSPS) is 16.2. The van der Waals surface area contributed by atoms with E-state index in [4.69, 9.17) is 4.74 Å². The first kappa shape index (κ1) is 21.1. The number of nitrogens with zero attached hydrogens (tertiary/aromatic N) is 2. The number of aliphatic imine (C=N–C) groups is 1. The van der Waals surface area contributed by atoms with Crippen LogP contribution in [0.5, 0.6) is 0 Å². The van der Waals surface area contributed by atoms with E-state index in [-0.39, 0.29) is 6.09 Å². The minimum atomic E-state index is -0.440. The summed E-state index contributed by atoms with van der Waals surface area (Å²) in [5.41, 5.74) is 2.06. The van der Waals surface area contributed by atoms with Crippen LogP contribution < -0.4 is 10.6 Å². The molecule has 150 valence electrons. The first-order valence-electron chi connectivity index (χ1n) is 9.75. The maximum atomic E-state index is 12.1. The quantitative estimate of drug-likeness (QED) is 0.627. The summed E-state index contributed by atoms with van der Waals surface area (Å²) in [6, 6.07) is 8.45. The molecule has 1 fully saturated rings. The molecular formula is C21H34N4O2. The van der Waals surface area contributed by atoms with Gasteiger partial charge in [0.05, 0.1) is 0 Å². The fourth-order valence-electron chi connectivity index (χ4n) is 3.12. The van der Waals surface area contributed by atoms with Gasteiger partial charge in [0.2, 0.25) is 0 Å². The number of carbonyl (C=O) groups excluding carboxylic acids is 1. The Morgan fingerprint density at radius 3 is 2.56 bits per heavy atom. The van der Waals surface area contributed by atoms with Crippen LogP contribution in [0, 0.1) is 12.8 Å². The second-order valence-electron chi connectivity index (χ2n) is 8.21. The van der Waals surface area contributed by atoms with Crippen LogP contribution in [0.15, 0.2) is 29.3 Å². The molecule has 1 aromatic rings. The van der Waals surface area contributed by atoms with Crippen molar-refractivity contribution in [2.24, 2.45) is 10.9 Å². The lowest BCUT2D eigenvalue weighted by Gasteiger charge is -2.33. The van der Waals surface area contributed by atoms with Crippen LogP contribution in [0.4, 0.5) is 4.79 Å². The van der Waals surface area contributed by atoms with E-state index in [0.29, 0.717) is 5.92 Å². The molecule has 0 spiro atoms. The Kier molecular flexibility index (Phi) is 7.51. The maximum Gasteiger partial charge on any atom is 0.410 e. The number of guanidine groups is 1. The molecule has 27 heavy (non-hydrogen) atoms. The predicted octanol–water partition coefficient (Wildman–Crippen LogP) is 3.31. The van der Waals surface area contributed by atoms with E-state index in [2.05, 4.69) is 46.8 Å². The lowest BCUT2D eigenvalue weighted by Crippen LogP contribution is -2.45. The molecule has 1 aromatic carbocycles. The van der Waals surface area contributed by atoms with Gasteiger partial charge in [-0.05, 0) is 52.0 Å². The number of benzene rings is 1. The van der Waals surface area contributed by atoms with Crippen LogP contribution >= 0.6 is 0 Å². The zero-order valence-corrected chi connectivity index (χ0v) is 17.3. The van der Waals surface area contributed by atoms with Crippen LogP contribution in [0.3, 0.4) is 0 Å². The standard InChI is InChI=1S/C21H34N4O2/c1-16-7-6-8-18(13-16)15-24-19(22-5)23-14-17-9-11-25(12-10-17)20(26)27-21(2,3)4/h6-8,13,17H,9-12,14-15H2,1-5H3,(H2,22,23,24). The van der Waals surface area contributed by atoms with E-state index < -0.39 is 5.60 Å². The van der Waals surface area contributed by atoms with Gasteiger partial charge in [-0.1, -0.05) is 29.8 Å². The molecule has 0 aliphatic carbocycles. The molecule has 1 heterocycles. The highest BCUT2D eigenvalue weighted by molar-refractivity contribution is 5.79. The van der Waals surface area contributed by atoms with Gasteiger partial charge in [0.25, 0.3) is 0 Å². The number of piperidine rings is 1. The monoisotopic (exact) mass is 374 g/mol. The van der Waals surface area contributed by atoms with Gasteiger partial charge in [-0.3, -0.25) is 4.99 Å². The van der Waals surface area contributed by atoms with Gasteiger partial charge < -0.3 is 20.3 Å². The summed E-state index contributed by atoms with van der Waals surface area (Å²) in [6.45, 7) is 10.9. The van der Waals surface area contributed by atoms with Crippen molar-refractivity contribution in [3.8, 4) is 0 Å². The van der Waals surface area contributed by atoms with Crippen molar-refractivity contribution in [1.82, 2.24) is 15.5 Å². The van der Waals surface area contributed by atoms with Crippen molar-refractivity contribution < 1.29 is 9.53 Å². The number of likely N-dealkylation sites (tertiary alicyclic amines) is 1. The zero-order valence-electron chi connectivity index (χ0n) is 17.3. The fraction of sp³-hybridized carbons (Fsp3) is 0.619. The molecule has 1 amide bonds. The number of rotatable bonds is 4. The molecule has 1 aliphatic heterocycles. The van der Waals surface area contributed by atoms with Gasteiger partial charge in [0.15, 0.2) is 5.96 Å². The number of hydrogen-bond acceptors (Lipinski definition) is 3. The molecule has 0 saturated carbocycles. The number of nitrogens with one attached hydrogen (secondary N) is 2. The first-order chi connectivity index (χ1) is 12.8. The summed E-state index contributed by atoms with van der Waals surface area (Å²) in [6.07, 6.45) is 1.74. The van der Waals surface area contributed by atoms with Crippen LogP contribution in [0.1, 0.15) is 44.7 Å². The van der Waals surface area contributed by atoms with E-state index in [9.17, 15) is 4.79 Å². The van der Waals surface area contributed by atoms with Gasteiger partial charge >= 0.3 is 6.09 Å². The molecule has 0 unspecified atom stereocenters. The fourth-order valence-corrected chi connectivity index (χ4v) is 3.12. The number of aryl methyl sites for hydroxylation is 1. The third-order valence-electron chi connectivity index (χ3n) is 4.59. The van der Waals surface area contributed by atoms with E-state index in [1.54, 1.807) is 7.05 Å². The van der Waals surface area contributed by atoms with Crippen LogP contribution in [0.25, 0.3) is 0 Å². The summed E-state index contributed by atoms with van der Waals surface area (Å²) in [4.78, 5) is 18.3. The van der Waals surface area contributed by atoms with Gasteiger partial charge in [-0.25, -0.2) is 4.79 Å². The molecule has 0 aromatic heterocycles. The number of hydrogen-bond donors (Lipinski definition) is 2. The summed E-state index contributed by atoms with van der Waals surface area (Å²) < 4.78 is 5.45. The third kappa shape index (κ3) is 7.49. The largest absolute Gasteiger partial charge is 0.444 e. The Bertz CT molecular complexity index is 644. The van der Waals surface area contributed by atoms with Crippen LogP contribution in [0.2, 0.25) is 0 Å². The molecule has 1 saturated heterocycles. The molecular weight excluding hydrogens is 340 g/mol. The van der Waals surface area contributed by atoms with Crippen molar-refractivity contribution >= 4 is 12.1 Å². The molecule has 1 aliphatic rings. The van der Waals surface area contributed by atoms with Crippen molar-refractivity contribution in [3.63, 3.8) is 0 Å². The SMILES string of the molecule is CN=C(NCc1cccc(C)c1)NCC1CCN(C(=O)OC(C)(C)C)CC1. The Morgan fingerprint density at radius 2 is 1.96 bits per heavy atom. The third-order valence-corrected chi connectivity index (χ3v) is 4.59. The predicted molar refractivity (Wildman–Crippen MR) is 110 cm³/mol. The lowest BCUT2D eigenvalue weighted by molar-refractivity contribution is 0.0185. The van der Waals surface area contributed by atoms with Crippen LogP contribution in [-0.4, -0.2) is 49.2 Å². The summed E-state index contributed by atoms with van der Waals surface area (Å²) >= 11 is 0. The average molecular weight is 375 g/mol. The maximum absolute atomic E-state index is 12.1. The average Bonchev–Trinajstić information content (AvgIpc) is 2.61. The second-order valence-corrected chi connectivity index (χ2v) is 8.21. The molecule has 6 heteroatoms. The minimum absolute atomic E-state index is 0.204. The summed E-state index contributed by atoms with van der Waals surface area (Å²) in [7, 11) is 1.79. The lowest BCUT2D eigenvalue weighted by atomic mass is 9.97. The molecule has 0 bridgehead atoms.